The molecule has 1 aliphatic rings. The van der Waals surface area contributed by atoms with Gasteiger partial charge in [-0.2, -0.15) is 11.8 Å². The Morgan fingerprint density at radius 2 is 1.85 bits per heavy atom. The minimum atomic E-state index is -1.01. The number of rotatable bonds is 13. The highest BCUT2D eigenvalue weighted by Gasteiger charge is 2.36. The molecule has 1 saturated heterocycles. The molecule has 3 aromatic carbocycles. The molecule has 212 valence electrons. The molecule has 0 bridgehead atoms. The minimum absolute atomic E-state index is 0.301. The van der Waals surface area contributed by atoms with Crippen molar-refractivity contribution in [2.75, 3.05) is 31.4 Å². The third-order valence-electron chi connectivity index (χ3n) is 7.42. The summed E-state index contributed by atoms with van der Waals surface area (Å²) in [5.74, 6) is 0.163. The second-order valence-electron chi connectivity index (χ2n) is 10.2. The first-order valence-corrected chi connectivity index (χ1v) is 16.4. The zero-order chi connectivity index (χ0) is 28.5. The van der Waals surface area contributed by atoms with Crippen LogP contribution in [0.15, 0.2) is 72.8 Å². The van der Waals surface area contributed by atoms with Gasteiger partial charge in [0.2, 0.25) is 0 Å². The number of aryl methyl sites for hydroxylation is 1. The number of hydrogen-bond acceptors (Lipinski definition) is 5. The molecule has 40 heavy (non-hydrogen) atoms. The smallest absolute Gasteiger partial charge is 0.326 e. The Bertz CT molecular complexity index is 1290. The molecule has 0 aromatic heterocycles. The van der Waals surface area contributed by atoms with Crippen LogP contribution >= 0.6 is 11.8 Å². The molecule has 6 nitrogen and oxygen atoms in total. The van der Waals surface area contributed by atoms with E-state index in [4.69, 9.17) is 4.74 Å². The number of para-hydroxylation sites is 1. The fraction of sp³-hybridized carbons (Fsp3) is 0.375. The van der Waals surface area contributed by atoms with Gasteiger partial charge in [0.1, 0.15) is 23.6 Å². The van der Waals surface area contributed by atoms with Crippen molar-refractivity contribution < 1.29 is 19.4 Å². The number of carboxylic acid groups (broad SMARTS) is 1. The molecule has 4 rings (SSSR count). The fourth-order valence-electron chi connectivity index (χ4n) is 5.17. The zero-order valence-corrected chi connectivity index (χ0v) is 25.1. The average Bonchev–Trinajstić information content (AvgIpc) is 3.36. The van der Waals surface area contributed by atoms with Gasteiger partial charge in [0.25, 0.3) is 5.91 Å². The van der Waals surface area contributed by atoms with Crippen LogP contribution in [-0.4, -0.2) is 70.6 Å². The van der Waals surface area contributed by atoms with Gasteiger partial charge in [0.15, 0.2) is 0 Å². The van der Waals surface area contributed by atoms with Gasteiger partial charge in [-0.3, -0.25) is 9.69 Å². The fourth-order valence-corrected chi connectivity index (χ4v) is 6.47. The number of thioether (sulfide) groups is 1. The van der Waals surface area contributed by atoms with Crippen LogP contribution in [0.5, 0.6) is 5.75 Å². The standard InChI is InChI=1S/C32H38N2O4S2/c1-22-9-7-8-12-27(22)29-17-23(13-14-28(29)31(35)33-30(32(36)37)15-16-39-2)19-34-20-26(40-3)18-24(34)21-38-25-10-5-4-6-11-25/h4-14,17,24,26,30H,15-16,18-21H2,1-3H3,(H,33,35)(H,36,37)/p+1. The molecule has 3 unspecified atom stereocenters. The van der Waals surface area contributed by atoms with Crippen molar-refractivity contribution in [3.05, 3.63) is 89.5 Å². The number of hydrogen-bond donors (Lipinski definition) is 2. The van der Waals surface area contributed by atoms with Crippen molar-refractivity contribution in [3.8, 4) is 16.9 Å². The second kappa shape index (κ2) is 14.6. The molecule has 8 heteroatoms. The number of likely N-dealkylation sites (tertiary alicyclic amines) is 1. The Balaban J connectivity index is 1.59. The van der Waals surface area contributed by atoms with Crippen molar-refractivity contribution in [1.29, 1.82) is 0 Å². The molecule has 2 N–H and O–H groups in total. The van der Waals surface area contributed by atoms with Crippen LogP contribution in [0.1, 0.15) is 34.3 Å². The molecule has 0 saturated carbocycles. The van der Waals surface area contributed by atoms with Crippen molar-refractivity contribution in [2.45, 2.75) is 43.6 Å². The van der Waals surface area contributed by atoms with Gasteiger partial charge >= 0.3 is 5.97 Å². The highest BCUT2D eigenvalue weighted by Crippen LogP contribution is 2.30. The first kappa shape index (κ1) is 30.0. The van der Waals surface area contributed by atoms with Crippen molar-refractivity contribution in [1.82, 2.24) is 10.2 Å². The van der Waals surface area contributed by atoms with E-state index in [9.17, 15) is 14.7 Å². The number of carbonyl (C=O) groups is 2. The van der Waals surface area contributed by atoms with Crippen LogP contribution in [-0.2, 0) is 23.1 Å². The summed E-state index contributed by atoms with van der Waals surface area (Å²) in [5, 5.41) is 13.0. The average molecular weight is 580 g/mol. The SMILES string of the molecule is CSCCC(NC(=O)c1ccc(CN2CC([SH+]C)CC2COc2ccccc2)cc1-c1ccccc1C)C(=O)O. The van der Waals surface area contributed by atoms with E-state index in [0.29, 0.717) is 35.6 Å². The predicted molar refractivity (Wildman–Crippen MR) is 168 cm³/mol. The van der Waals surface area contributed by atoms with Crippen molar-refractivity contribution in [2.24, 2.45) is 0 Å². The number of ether oxygens (including phenoxy) is 1. The number of aliphatic carboxylic acids is 1. The summed E-state index contributed by atoms with van der Waals surface area (Å²) in [7, 11) is 0. The molecule has 3 aromatic rings. The molecule has 1 fully saturated rings. The first-order chi connectivity index (χ1) is 19.4. The van der Waals surface area contributed by atoms with Gasteiger partial charge in [-0.15, -0.1) is 0 Å². The lowest BCUT2D eigenvalue weighted by molar-refractivity contribution is -0.139. The molecule has 1 aliphatic heterocycles. The van der Waals surface area contributed by atoms with Crippen LogP contribution in [0.4, 0.5) is 0 Å². The topological polar surface area (TPSA) is 78.9 Å². The summed E-state index contributed by atoms with van der Waals surface area (Å²) in [4.78, 5) is 27.7. The summed E-state index contributed by atoms with van der Waals surface area (Å²) in [6, 6.07) is 23.3. The maximum absolute atomic E-state index is 13.4. The molecule has 0 spiro atoms. The van der Waals surface area contributed by atoms with E-state index >= 15 is 0 Å². The molecular formula is C32H39N2O4S2+. The van der Waals surface area contributed by atoms with Gasteiger partial charge in [-0.1, -0.05) is 48.5 Å². The Kier molecular flexibility index (Phi) is 11.0. The Morgan fingerprint density at radius 1 is 1.10 bits per heavy atom. The number of benzene rings is 3. The molecule has 3 atom stereocenters. The lowest BCUT2D eigenvalue weighted by Gasteiger charge is -2.25. The van der Waals surface area contributed by atoms with Gasteiger partial charge in [-0.25, -0.2) is 4.79 Å². The van der Waals surface area contributed by atoms with E-state index in [1.165, 1.54) is 11.8 Å². The summed E-state index contributed by atoms with van der Waals surface area (Å²) in [5.41, 5.74) is 4.46. The quantitative estimate of drug-likeness (QED) is 0.218. The Morgan fingerprint density at radius 3 is 2.55 bits per heavy atom. The van der Waals surface area contributed by atoms with Gasteiger partial charge in [0.05, 0.1) is 6.26 Å². The molecule has 0 aliphatic carbocycles. The van der Waals surface area contributed by atoms with Gasteiger partial charge in [-0.05, 0) is 83.6 Å². The normalized spacial score (nSPS) is 17.9. The number of carbonyl (C=O) groups excluding carboxylic acids is 1. The van der Waals surface area contributed by atoms with E-state index in [2.05, 4.69) is 22.5 Å². The number of amides is 1. The monoisotopic (exact) mass is 579 g/mol. The summed E-state index contributed by atoms with van der Waals surface area (Å²) in [6.07, 6.45) is 5.61. The number of nitrogens with one attached hydrogen (secondary N) is 1. The maximum Gasteiger partial charge on any atom is 0.326 e. The van der Waals surface area contributed by atoms with Crippen LogP contribution in [0.2, 0.25) is 0 Å². The molecule has 1 heterocycles. The van der Waals surface area contributed by atoms with E-state index in [1.807, 2.05) is 79.9 Å². The lowest BCUT2D eigenvalue weighted by Crippen LogP contribution is -2.41. The summed E-state index contributed by atoms with van der Waals surface area (Å²) in [6.45, 7) is 4.41. The molecular weight excluding hydrogens is 540 g/mol. The maximum atomic E-state index is 13.4. The Labute approximate surface area is 245 Å². The van der Waals surface area contributed by atoms with Crippen molar-refractivity contribution >= 4 is 35.4 Å². The van der Waals surface area contributed by atoms with Crippen molar-refractivity contribution in [3.63, 3.8) is 0 Å². The van der Waals surface area contributed by atoms with Crippen LogP contribution in [0.25, 0.3) is 11.1 Å². The van der Waals surface area contributed by atoms with Gasteiger partial charge < -0.3 is 15.2 Å². The number of thiol groups is 1. The van der Waals surface area contributed by atoms with Crippen LogP contribution in [0.3, 0.4) is 0 Å². The first-order valence-electron chi connectivity index (χ1n) is 13.6. The Hall–Kier alpha value is -2.94. The van der Waals surface area contributed by atoms with Gasteiger partial charge in [0, 0.05) is 31.1 Å². The predicted octanol–water partition coefficient (Wildman–Crippen LogP) is 5.06. The third-order valence-corrected chi connectivity index (χ3v) is 9.17. The minimum Gasteiger partial charge on any atom is -0.492 e. The number of carboxylic acids is 1. The second-order valence-corrected chi connectivity index (χ2v) is 12.4. The van der Waals surface area contributed by atoms with E-state index < -0.39 is 12.0 Å². The molecule has 0 radical (unpaired) electrons. The highest BCUT2D eigenvalue weighted by atomic mass is 32.2. The van der Waals surface area contributed by atoms with E-state index in [0.717, 1.165) is 47.5 Å². The number of nitrogens with zero attached hydrogens (tertiary/aromatic N) is 1. The highest BCUT2D eigenvalue weighted by molar-refractivity contribution is 7.98. The van der Waals surface area contributed by atoms with E-state index in [1.54, 1.807) is 11.8 Å². The lowest BCUT2D eigenvalue weighted by atomic mass is 9.93. The zero-order valence-electron chi connectivity index (χ0n) is 23.4. The summed E-state index contributed by atoms with van der Waals surface area (Å²) < 4.78 is 6.15. The third kappa shape index (κ3) is 7.83. The summed E-state index contributed by atoms with van der Waals surface area (Å²) >= 11 is 2.95. The molecule has 1 amide bonds. The van der Waals surface area contributed by atoms with Crippen LogP contribution < -0.4 is 10.1 Å². The largest absolute Gasteiger partial charge is 0.492 e. The van der Waals surface area contributed by atoms with Crippen LogP contribution in [0, 0.1) is 6.92 Å². The van der Waals surface area contributed by atoms with E-state index in [-0.39, 0.29) is 5.91 Å².